The number of carbonyl (C=O) groups excluding carboxylic acids is 1. The van der Waals surface area contributed by atoms with Crippen LogP contribution in [0.2, 0.25) is 0 Å². The summed E-state index contributed by atoms with van der Waals surface area (Å²) in [5.74, 6) is 0.829. The number of rotatable bonds is 9. The lowest BCUT2D eigenvalue weighted by atomic mass is 9.94. The Morgan fingerprint density at radius 3 is 2.80 bits per heavy atom. The fourth-order valence-corrected chi connectivity index (χ4v) is 3.13. The first-order chi connectivity index (χ1) is 9.67. The van der Waals surface area contributed by atoms with Crippen LogP contribution in [0.5, 0.6) is 0 Å². The van der Waals surface area contributed by atoms with Crippen LogP contribution in [-0.4, -0.2) is 43.5 Å². The molecule has 4 heteroatoms. The van der Waals surface area contributed by atoms with Gasteiger partial charge >= 0.3 is 0 Å². The summed E-state index contributed by atoms with van der Waals surface area (Å²) < 4.78 is 0. The average Bonchev–Trinajstić information content (AvgIpc) is 2.44. The molecule has 0 spiro atoms. The smallest absolute Gasteiger partial charge is 0.220 e. The summed E-state index contributed by atoms with van der Waals surface area (Å²) in [5.41, 5.74) is 5.63. The zero-order valence-corrected chi connectivity index (χ0v) is 13.4. The minimum atomic E-state index is 0.210. The number of carbonyl (C=O) groups is 1. The van der Waals surface area contributed by atoms with Crippen LogP contribution in [-0.2, 0) is 4.79 Å². The van der Waals surface area contributed by atoms with E-state index in [9.17, 15) is 4.79 Å². The largest absolute Gasteiger partial charge is 0.355 e. The summed E-state index contributed by atoms with van der Waals surface area (Å²) in [7, 11) is 2.16. The summed E-state index contributed by atoms with van der Waals surface area (Å²) in [6.45, 7) is 4.90. The summed E-state index contributed by atoms with van der Waals surface area (Å²) in [5, 5.41) is 3.11. The minimum Gasteiger partial charge on any atom is -0.355 e. The van der Waals surface area contributed by atoms with Gasteiger partial charge in [-0.1, -0.05) is 26.2 Å². The van der Waals surface area contributed by atoms with Gasteiger partial charge in [-0.2, -0.15) is 0 Å². The SMILES string of the molecule is CCCC(CCN)CCC(=O)NCC1CCCCN1C. The van der Waals surface area contributed by atoms with Gasteiger partial charge in [0.25, 0.3) is 0 Å². The van der Waals surface area contributed by atoms with Crippen molar-refractivity contribution in [3.8, 4) is 0 Å². The maximum atomic E-state index is 11.9. The zero-order chi connectivity index (χ0) is 14.8. The topological polar surface area (TPSA) is 58.4 Å². The molecule has 0 bridgehead atoms. The molecule has 1 saturated heterocycles. The lowest BCUT2D eigenvalue weighted by Gasteiger charge is -2.32. The molecule has 20 heavy (non-hydrogen) atoms. The van der Waals surface area contributed by atoms with E-state index in [2.05, 4.69) is 24.2 Å². The highest BCUT2D eigenvalue weighted by molar-refractivity contribution is 5.75. The first kappa shape index (κ1) is 17.4. The number of hydrogen-bond donors (Lipinski definition) is 2. The standard InChI is InChI=1S/C16H33N3O/c1-3-6-14(10-11-17)8-9-16(20)18-13-15-7-4-5-12-19(15)2/h14-15H,3-13,17H2,1-2H3,(H,18,20). The van der Waals surface area contributed by atoms with Crippen molar-refractivity contribution in [2.45, 2.75) is 64.3 Å². The molecule has 1 heterocycles. The quantitative estimate of drug-likeness (QED) is 0.681. The van der Waals surface area contributed by atoms with Crippen LogP contribution in [0.25, 0.3) is 0 Å². The number of likely N-dealkylation sites (tertiary alicyclic amines) is 1. The summed E-state index contributed by atoms with van der Waals surface area (Å²) >= 11 is 0. The lowest BCUT2D eigenvalue weighted by Crippen LogP contribution is -2.44. The molecule has 2 atom stereocenters. The van der Waals surface area contributed by atoms with Gasteiger partial charge in [-0.25, -0.2) is 0 Å². The van der Waals surface area contributed by atoms with Crippen molar-refractivity contribution >= 4 is 5.91 Å². The van der Waals surface area contributed by atoms with E-state index in [1.165, 1.54) is 32.1 Å². The molecule has 4 nitrogen and oxygen atoms in total. The fraction of sp³-hybridized carbons (Fsp3) is 0.938. The van der Waals surface area contributed by atoms with Crippen LogP contribution >= 0.6 is 0 Å². The van der Waals surface area contributed by atoms with E-state index in [0.717, 1.165) is 32.5 Å². The van der Waals surface area contributed by atoms with Crippen molar-refractivity contribution in [3.63, 3.8) is 0 Å². The molecule has 0 radical (unpaired) electrons. The van der Waals surface area contributed by atoms with Crippen molar-refractivity contribution in [1.82, 2.24) is 10.2 Å². The number of amides is 1. The van der Waals surface area contributed by atoms with Crippen molar-refractivity contribution < 1.29 is 4.79 Å². The van der Waals surface area contributed by atoms with Gasteiger partial charge in [-0.05, 0) is 51.7 Å². The molecule has 0 saturated carbocycles. The Morgan fingerprint density at radius 2 is 2.15 bits per heavy atom. The Bertz CT molecular complexity index is 264. The lowest BCUT2D eigenvalue weighted by molar-refractivity contribution is -0.121. The number of hydrogen-bond acceptors (Lipinski definition) is 3. The van der Waals surface area contributed by atoms with Gasteiger partial charge in [0.05, 0.1) is 0 Å². The van der Waals surface area contributed by atoms with E-state index in [1.54, 1.807) is 0 Å². The average molecular weight is 283 g/mol. The van der Waals surface area contributed by atoms with E-state index < -0.39 is 0 Å². The maximum absolute atomic E-state index is 11.9. The molecule has 1 amide bonds. The Balaban J connectivity index is 2.18. The van der Waals surface area contributed by atoms with Gasteiger partial charge in [0.15, 0.2) is 0 Å². The van der Waals surface area contributed by atoms with E-state index >= 15 is 0 Å². The molecular formula is C16H33N3O. The van der Waals surface area contributed by atoms with E-state index in [1.807, 2.05) is 0 Å². The molecule has 1 aliphatic rings. The van der Waals surface area contributed by atoms with Crippen molar-refractivity contribution in [1.29, 1.82) is 0 Å². The fourth-order valence-electron chi connectivity index (χ4n) is 3.13. The molecular weight excluding hydrogens is 250 g/mol. The van der Waals surface area contributed by atoms with Crippen molar-refractivity contribution in [2.75, 3.05) is 26.7 Å². The Labute approximate surface area is 124 Å². The Kier molecular flexibility index (Phi) is 8.86. The number of nitrogens with one attached hydrogen (secondary N) is 1. The second-order valence-corrected chi connectivity index (χ2v) is 6.21. The molecule has 118 valence electrons. The second-order valence-electron chi connectivity index (χ2n) is 6.21. The number of piperidine rings is 1. The molecule has 1 rings (SSSR count). The highest BCUT2D eigenvalue weighted by Crippen LogP contribution is 2.17. The number of nitrogens with two attached hydrogens (primary N) is 1. The third-order valence-electron chi connectivity index (χ3n) is 4.51. The normalized spacial score (nSPS) is 21.6. The van der Waals surface area contributed by atoms with Crippen molar-refractivity contribution in [3.05, 3.63) is 0 Å². The molecule has 0 aromatic rings. The third-order valence-corrected chi connectivity index (χ3v) is 4.51. The molecule has 0 aromatic carbocycles. The molecule has 3 N–H and O–H groups in total. The van der Waals surface area contributed by atoms with Crippen LogP contribution < -0.4 is 11.1 Å². The Hall–Kier alpha value is -0.610. The van der Waals surface area contributed by atoms with Gasteiger partial charge in [-0.3, -0.25) is 4.79 Å². The van der Waals surface area contributed by atoms with Gasteiger partial charge in [0.1, 0.15) is 0 Å². The summed E-state index contributed by atoms with van der Waals surface area (Å²) in [6, 6.07) is 0.531. The third kappa shape index (κ3) is 6.71. The van der Waals surface area contributed by atoms with Gasteiger partial charge in [-0.15, -0.1) is 0 Å². The molecule has 0 aromatic heterocycles. The van der Waals surface area contributed by atoms with Gasteiger partial charge < -0.3 is 16.0 Å². The second kappa shape index (κ2) is 10.2. The van der Waals surface area contributed by atoms with Gasteiger partial charge in [0.2, 0.25) is 5.91 Å². The first-order valence-corrected chi connectivity index (χ1v) is 8.34. The summed E-state index contributed by atoms with van der Waals surface area (Å²) in [6.07, 6.45) is 8.85. The van der Waals surface area contributed by atoms with Crippen molar-refractivity contribution in [2.24, 2.45) is 11.7 Å². The predicted octanol–water partition coefficient (Wildman–Crippen LogP) is 2.13. The van der Waals surface area contributed by atoms with Crippen LogP contribution in [0, 0.1) is 5.92 Å². The minimum absolute atomic E-state index is 0.210. The number of likely N-dealkylation sites (N-methyl/N-ethyl adjacent to an activating group) is 1. The molecule has 1 aliphatic heterocycles. The van der Waals surface area contributed by atoms with Crippen LogP contribution in [0.15, 0.2) is 0 Å². The maximum Gasteiger partial charge on any atom is 0.220 e. The number of nitrogens with zero attached hydrogens (tertiary/aromatic N) is 1. The molecule has 0 aliphatic carbocycles. The zero-order valence-electron chi connectivity index (χ0n) is 13.4. The molecule has 2 unspecified atom stereocenters. The Morgan fingerprint density at radius 1 is 1.35 bits per heavy atom. The molecule has 1 fully saturated rings. The van der Waals surface area contributed by atoms with E-state index in [0.29, 0.717) is 18.4 Å². The highest BCUT2D eigenvalue weighted by atomic mass is 16.1. The first-order valence-electron chi connectivity index (χ1n) is 8.34. The van der Waals surface area contributed by atoms with E-state index in [4.69, 9.17) is 5.73 Å². The summed E-state index contributed by atoms with van der Waals surface area (Å²) in [4.78, 5) is 14.3. The highest BCUT2D eigenvalue weighted by Gasteiger charge is 2.19. The predicted molar refractivity (Wildman–Crippen MR) is 84.6 cm³/mol. The van der Waals surface area contributed by atoms with Crippen LogP contribution in [0.3, 0.4) is 0 Å². The van der Waals surface area contributed by atoms with E-state index in [-0.39, 0.29) is 5.91 Å². The monoisotopic (exact) mass is 283 g/mol. The van der Waals surface area contributed by atoms with Crippen LogP contribution in [0.1, 0.15) is 58.3 Å². The van der Waals surface area contributed by atoms with Gasteiger partial charge in [0, 0.05) is 19.0 Å². The van der Waals surface area contributed by atoms with Crippen LogP contribution in [0.4, 0.5) is 0 Å².